The van der Waals surface area contributed by atoms with Crippen molar-refractivity contribution in [3.63, 3.8) is 0 Å². The van der Waals surface area contributed by atoms with Gasteiger partial charge in [0.05, 0.1) is 17.2 Å². The van der Waals surface area contributed by atoms with Gasteiger partial charge in [0, 0.05) is 32.4 Å². The molecule has 3 aliphatic rings. The molecule has 5 rings (SSSR count). The molecule has 3 heterocycles. The number of rotatable bonds is 4. The van der Waals surface area contributed by atoms with E-state index in [1.54, 1.807) is 0 Å². The number of sulfonamides is 1. The molecule has 2 saturated heterocycles. The van der Waals surface area contributed by atoms with Crippen LogP contribution in [0.15, 0.2) is 47.4 Å². The predicted molar refractivity (Wildman–Crippen MR) is 110 cm³/mol. The van der Waals surface area contributed by atoms with E-state index in [0.717, 1.165) is 29.1 Å². The minimum absolute atomic E-state index is 0.157. The summed E-state index contributed by atoms with van der Waals surface area (Å²) in [5.74, 6) is 0.580. The summed E-state index contributed by atoms with van der Waals surface area (Å²) in [6.07, 6.45) is 2.06. The third kappa shape index (κ3) is 3.20. The zero-order valence-electron chi connectivity index (χ0n) is 16.4. The summed E-state index contributed by atoms with van der Waals surface area (Å²) >= 11 is 0. The number of anilines is 1. The average molecular weight is 426 g/mol. The highest BCUT2D eigenvalue weighted by molar-refractivity contribution is 7.89. The molecule has 2 fully saturated rings. The molecule has 0 radical (unpaired) electrons. The molecular formula is C22H22N2O5S. The Morgan fingerprint density at radius 3 is 2.40 bits per heavy atom. The molecule has 0 N–H and O–H groups in total. The Labute approximate surface area is 175 Å². The van der Waals surface area contributed by atoms with Gasteiger partial charge in [0.1, 0.15) is 5.75 Å². The Hall–Kier alpha value is -2.71. The van der Waals surface area contributed by atoms with Crippen molar-refractivity contribution in [2.75, 3.05) is 24.6 Å². The largest absolute Gasteiger partial charge is 0.493 e. The van der Waals surface area contributed by atoms with Gasteiger partial charge in [-0.3, -0.25) is 14.5 Å². The van der Waals surface area contributed by atoms with Crippen LogP contribution in [0.3, 0.4) is 0 Å². The van der Waals surface area contributed by atoms with E-state index < -0.39 is 10.0 Å². The smallest absolute Gasteiger partial charge is 0.243 e. The monoisotopic (exact) mass is 426 g/mol. The van der Waals surface area contributed by atoms with Crippen LogP contribution in [0.5, 0.6) is 5.75 Å². The van der Waals surface area contributed by atoms with Crippen LogP contribution >= 0.6 is 0 Å². The number of amides is 2. The average Bonchev–Trinajstić information content (AvgIpc) is 3.48. The number of fused-ring (bicyclic) bond motifs is 1. The fraction of sp³-hybridized carbons (Fsp3) is 0.364. The van der Waals surface area contributed by atoms with Gasteiger partial charge in [0.15, 0.2) is 0 Å². The predicted octanol–water partition coefficient (Wildman–Crippen LogP) is 2.45. The Bertz CT molecular complexity index is 1110. The number of carbonyl (C=O) groups is 2. The van der Waals surface area contributed by atoms with Gasteiger partial charge in [0.25, 0.3) is 0 Å². The van der Waals surface area contributed by atoms with Crippen LogP contribution in [-0.2, 0) is 26.0 Å². The molecule has 1 atom stereocenters. The van der Waals surface area contributed by atoms with E-state index in [0.29, 0.717) is 25.4 Å². The van der Waals surface area contributed by atoms with E-state index in [4.69, 9.17) is 4.74 Å². The van der Waals surface area contributed by atoms with Gasteiger partial charge in [-0.25, -0.2) is 8.42 Å². The Balaban J connectivity index is 1.33. The third-order valence-electron chi connectivity index (χ3n) is 6.12. The summed E-state index contributed by atoms with van der Waals surface area (Å²) < 4.78 is 33.3. The van der Waals surface area contributed by atoms with Crippen molar-refractivity contribution in [1.82, 2.24) is 4.31 Å². The molecule has 3 aliphatic heterocycles. The molecule has 2 aromatic carbocycles. The molecule has 0 unspecified atom stereocenters. The maximum atomic E-state index is 13.1. The van der Waals surface area contributed by atoms with E-state index in [1.807, 2.05) is 12.1 Å². The highest BCUT2D eigenvalue weighted by Gasteiger charge is 2.34. The summed E-state index contributed by atoms with van der Waals surface area (Å²) in [7, 11) is -3.64. The van der Waals surface area contributed by atoms with Gasteiger partial charge >= 0.3 is 0 Å². The minimum Gasteiger partial charge on any atom is -0.493 e. The van der Waals surface area contributed by atoms with Crippen molar-refractivity contribution in [2.45, 2.75) is 36.5 Å². The van der Waals surface area contributed by atoms with Crippen LogP contribution in [0, 0.1) is 0 Å². The number of hydrogen-bond donors (Lipinski definition) is 0. The van der Waals surface area contributed by atoms with Crippen LogP contribution in [0.2, 0.25) is 0 Å². The summed E-state index contributed by atoms with van der Waals surface area (Å²) in [4.78, 5) is 25.1. The second kappa shape index (κ2) is 7.21. The molecule has 0 aliphatic carbocycles. The molecule has 30 heavy (non-hydrogen) atoms. The summed E-state index contributed by atoms with van der Waals surface area (Å²) in [6.45, 7) is 1.60. The lowest BCUT2D eigenvalue weighted by molar-refractivity contribution is -0.121. The fourth-order valence-corrected chi connectivity index (χ4v) is 5.96. The normalized spacial score (nSPS) is 21.9. The first-order chi connectivity index (χ1) is 14.4. The summed E-state index contributed by atoms with van der Waals surface area (Å²) in [5.41, 5.74) is 2.76. The number of carbonyl (C=O) groups excluding carboxylic acids is 2. The van der Waals surface area contributed by atoms with Crippen LogP contribution in [0.25, 0.3) is 0 Å². The van der Waals surface area contributed by atoms with E-state index in [9.17, 15) is 18.0 Å². The van der Waals surface area contributed by atoms with E-state index in [1.165, 1.54) is 34.1 Å². The molecule has 0 bridgehead atoms. The molecule has 156 valence electrons. The Morgan fingerprint density at radius 1 is 0.933 bits per heavy atom. The molecule has 0 saturated carbocycles. The molecule has 8 heteroatoms. The van der Waals surface area contributed by atoms with Crippen molar-refractivity contribution in [3.8, 4) is 5.75 Å². The van der Waals surface area contributed by atoms with Crippen molar-refractivity contribution in [2.24, 2.45) is 0 Å². The molecule has 2 aromatic rings. The van der Waals surface area contributed by atoms with Gasteiger partial charge < -0.3 is 4.74 Å². The van der Waals surface area contributed by atoms with Crippen molar-refractivity contribution < 1.29 is 22.7 Å². The maximum Gasteiger partial charge on any atom is 0.243 e. The lowest BCUT2D eigenvalue weighted by Gasteiger charge is -2.18. The standard InChI is InChI=1S/C22H22N2O5S/c25-21-7-8-22(26)24(21)18-2-4-19(5-3-18)30(27,28)23-11-9-17(14-23)15-1-6-20-16(13-15)10-12-29-20/h1-6,13,17H,7-12,14H2/t17-/m0/s1. The maximum absolute atomic E-state index is 13.1. The minimum atomic E-state index is -3.64. The number of nitrogens with zero attached hydrogens (tertiary/aromatic N) is 2. The van der Waals surface area contributed by atoms with Crippen molar-refractivity contribution in [1.29, 1.82) is 0 Å². The zero-order valence-corrected chi connectivity index (χ0v) is 17.2. The summed E-state index contributed by atoms with van der Waals surface area (Å²) in [6, 6.07) is 12.2. The van der Waals surface area contributed by atoms with Crippen molar-refractivity contribution in [3.05, 3.63) is 53.6 Å². The van der Waals surface area contributed by atoms with E-state index in [2.05, 4.69) is 6.07 Å². The van der Waals surface area contributed by atoms with E-state index in [-0.39, 0.29) is 35.5 Å². The highest BCUT2D eigenvalue weighted by atomic mass is 32.2. The summed E-state index contributed by atoms with van der Waals surface area (Å²) in [5, 5.41) is 0. The van der Waals surface area contributed by atoms with Gasteiger partial charge in [-0.05, 0) is 53.8 Å². The molecule has 0 aromatic heterocycles. The quantitative estimate of drug-likeness (QED) is 0.702. The third-order valence-corrected chi connectivity index (χ3v) is 8.00. The first kappa shape index (κ1) is 19.3. The molecule has 0 spiro atoms. The Kier molecular flexibility index (Phi) is 4.63. The number of ether oxygens (including phenoxy) is 1. The van der Waals surface area contributed by atoms with Gasteiger partial charge in [-0.1, -0.05) is 12.1 Å². The molecular weight excluding hydrogens is 404 g/mol. The highest BCUT2D eigenvalue weighted by Crippen LogP contribution is 2.35. The van der Waals surface area contributed by atoms with Crippen LogP contribution in [0.1, 0.15) is 36.3 Å². The topological polar surface area (TPSA) is 84.0 Å². The van der Waals surface area contributed by atoms with Gasteiger partial charge in [0.2, 0.25) is 21.8 Å². The van der Waals surface area contributed by atoms with Gasteiger partial charge in [-0.15, -0.1) is 0 Å². The zero-order chi connectivity index (χ0) is 20.9. The first-order valence-electron chi connectivity index (χ1n) is 10.1. The number of imide groups is 1. The van der Waals surface area contributed by atoms with Crippen LogP contribution in [-0.4, -0.2) is 44.2 Å². The number of hydrogen-bond acceptors (Lipinski definition) is 5. The molecule has 2 amide bonds. The second-order valence-corrected chi connectivity index (χ2v) is 9.87. The fourth-order valence-electron chi connectivity index (χ4n) is 4.46. The SMILES string of the molecule is O=C1CCC(=O)N1c1ccc(S(=O)(=O)N2CC[C@H](c3ccc4c(c3)CCO4)C2)cc1. The lowest BCUT2D eigenvalue weighted by atomic mass is 9.96. The van der Waals surface area contributed by atoms with Gasteiger partial charge in [-0.2, -0.15) is 4.31 Å². The second-order valence-electron chi connectivity index (χ2n) is 7.93. The van der Waals surface area contributed by atoms with Crippen LogP contribution < -0.4 is 9.64 Å². The van der Waals surface area contributed by atoms with E-state index >= 15 is 0 Å². The number of benzene rings is 2. The first-order valence-corrected chi connectivity index (χ1v) is 11.6. The Morgan fingerprint density at radius 2 is 1.67 bits per heavy atom. The van der Waals surface area contributed by atoms with Crippen LogP contribution in [0.4, 0.5) is 5.69 Å². The van der Waals surface area contributed by atoms with Crippen molar-refractivity contribution >= 4 is 27.5 Å². The lowest BCUT2D eigenvalue weighted by Crippen LogP contribution is -2.30. The molecule has 7 nitrogen and oxygen atoms in total.